The van der Waals surface area contributed by atoms with E-state index in [0.29, 0.717) is 5.92 Å². The lowest BCUT2D eigenvalue weighted by Crippen LogP contribution is -2.27. The first-order valence-corrected chi connectivity index (χ1v) is 30.7. The highest BCUT2D eigenvalue weighted by Gasteiger charge is 2.53. The number of hydrogen-bond acceptors (Lipinski definition) is 2. The molecule has 0 saturated heterocycles. The minimum Gasteiger partial charge on any atom is -0.310 e. The summed E-state index contributed by atoms with van der Waals surface area (Å²) in [5.41, 5.74) is 30.1. The van der Waals surface area contributed by atoms with Gasteiger partial charge in [-0.05, 0) is 210 Å². The van der Waals surface area contributed by atoms with Gasteiger partial charge in [-0.2, -0.15) is 0 Å². The van der Waals surface area contributed by atoms with Gasteiger partial charge in [0.05, 0.1) is 16.8 Å². The maximum atomic E-state index is 2.61. The second kappa shape index (κ2) is 19.4. The molecule has 4 atom stereocenters. The van der Waals surface area contributed by atoms with Crippen LogP contribution in [0.3, 0.4) is 0 Å². The van der Waals surface area contributed by atoms with E-state index in [4.69, 9.17) is 0 Å². The highest BCUT2D eigenvalue weighted by atomic mass is 15.2. The van der Waals surface area contributed by atoms with Crippen molar-refractivity contribution in [1.29, 1.82) is 0 Å². The number of hydrogen-bond donors (Lipinski definition) is 0. The van der Waals surface area contributed by atoms with Crippen molar-refractivity contribution in [3.05, 3.63) is 324 Å². The molecule has 5 aliphatic rings. The molecule has 2 fully saturated rings. The molecule has 0 aromatic heterocycles. The van der Waals surface area contributed by atoms with Crippen LogP contribution >= 0.6 is 0 Å². The summed E-state index contributed by atoms with van der Waals surface area (Å²) in [4.78, 5) is 5.10. The quantitative estimate of drug-likeness (QED) is 0.135. The number of benzene rings is 12. The monoisotopic (exact) mass is 1090 g/mol. The zero-order chi connectivity index (χ0) is 56.4. The summed E-state index contributed by atoms with van der Waals surface area (Å²) in [6.07, 6.45) is 5.49. The van der Waals surface area contributed by atoms with Gasteiger partial charge < -0.3 is 9.80 Å². The lowest BCUT2D eigenvalue weighted by molar-refractivity contribution is 0.420. The Morgan fingerprint density at radius 3 is 1.31 bits per heavy atom. The van der Waals surface area contributed by atoms with Gasteiger partial charge in [-0.25, -0.2) is 0 Å². The summed E-state index contributed by atoms with van der Waals surface area (Å²) in [5.74, 6) is 2.34. The first-order valence-electron chi connectivity index (χ1n) is 30.7. The molecule has 0 N–H and O–H groups in total. The molecule has 5 aliphatic carbocycles. The van der Waals surface area contributed by atoms with Crippen LogP contribution in [0.25, 0.3) is 66.8 Å². The number of nitrogens with zero attached hydrogens (tertiary/aromatic N) is 2. The fourth-order valence-electron chi connectivity index (χ4n) is 16.5. The lowest BCUT2D eigenvalue weighted by atomic mass is 9.70. The van der Waals surface area contributed by atoms with E-state index in [1.807, 2.05) is 0 Å². The average Bonchev–Trinajstić information content (AvgIpc) is 1.63. The van der Waals surface area contributed by atoms with Crippen molar-refractivity contribution >= 4 is 34.1 Å². The Labute approximate surface area is 500 Å². The molecule has 2 heteroatoms. The van der Waals surface area contributed by atoms with Gasteiger partial charge in [0.15, 0.2) is 0 Å². The van der Waals surface area contributed by atoms with Crippen molar-refractivity contribution in [2.24, 2.45) is 11.8 Å². The average molecular weight is 1090 g/mol. The second-order valence-electron chi connectivity index (χ2n) is 25.1. The van der Waals surface area contributed by atoms with E-state index in [1.54, 1.807) is 0 Å². The van der Waals surface area contributed by atoms with Crippen LogP contribution in [0.2, 0.25) is 0 Å². The molecule has 12 aromatic rings. The number of para-hydroxylation sites is 2. The summed E-state index contributed by atoms with van der Waals surface area (Å²) >= 11 is 0. The van der Waals surface area contributed by atoms with Crippen molar-refractivity contribution in [3.63, 3.8) is 0 Å². The maximum absolute atomic E-state index is 2.61. The SMILES string of the molecule is CC1(C)c2ccccc2-c2cc(N(c3ccccc3)c3cc4c(cc3-c3ccccc3)-c3cc(-c5ccccc5)ccc3C43c4ccccc4-c4cc(-c5ccccc5)c(N(c5ccccc5)c5ccc(C6CC7CCC6C7)cc5)cc43)ccc21. The van der Waals surface area contributed by atoms with Gasteiger partial charge in [0.25, 0.3) is 0 Å². The third-order valence-electron chi connectivity index (χ3n) is 20.3. The summed E-state index contributed by atoms with van der Waals surface area (Å²) in [6.45, 7) is 4.75. The Kier molecular flexibility index (Phi) is 11.4. The fraction of sp³-hybridized carbons (Fsp3) is 0.133. The molecule has 0 radical (unpaired) electrons. The highest BCUT2D eigenvalue weighted by molar-refractivity contribution is 6.04. The van der Waals surface area contributed by atoms with E-state index < -0.39 is 5.41 Å². The number of anilines is 6. The summed E-state index contributed by atoms with van der Waals surface area (Å²) in [7, 11) is 0. The normalized spacial score (nSPS) is 18.5. The van der Waals surface area contributed by atoms with Gasteiger partial charge >= 0.3 is 0 Å². The maximum Gasteiger partial charge on any atom is 0.0727 e. The van der Waals surface area contributed by atoms with Crippen LogP contribution in [0.5, 0.6) is 0 Å². The fourth-order valence-corrected chi connectivity index (χ4v) is 16.5. The van der Waals surface area contributed by atoms with Gasteiger partial charge in [0, 0.05) is 39.3 Å². The van der Waals surface area contributed by atoms with E-state index in [-0.39, 0.29) is 5.41 Å². The molecule has 17 rings (SSSR count). The molecule has 0 amide bonds. The molecular weight excluding hydrogens is 1020 g/mol. The second-order valence-corrected chi connectivity index (χ2v) is 25.1. The van der Waals surface area contributed by atoms with Crippen LogP contribution in [0, 0.1) is 11.8 Å². The zero-order valence-corrected chi connectivity index (χ0v) is 48.1. The van der Waals surface area contributed by atoms with Crippen molar-refractivity contribution in [3.8, 4) is 66.8 Å². The molecule has 1 spiro atoms. The predicted molar refractivity (Wildman–Crippen MR) is 354 cm³/mol. The Bertz CT molecular complexity index is 4570. The molecule has 2 nitrogen and oxygen atoms in total. The Morgan fingerprint density at radius 1 is 0.294 bits per heavy atom. The molecule has 85 heavy (non-hydrogen) atoms. The van der Waals surface area contributed by atoms with Gasteiger partial charge in [-0.3, -0.25) is 0 Å². The van der Waals surface area contributed by atoms with E-state index in [2.05, 4.69) is 309 Å². The van der Waals surface area contributed by atoms with E-state index in [0.717, 1.165) is 46.0 Å². The molecule has 406 valence electrons. The van der Waals surface area contributed by atoms with Gasteiger partial charge in [0.2, 0.25) is 0 Å². The number of fused-ring (bicyclic) bond motifs is 15. The third-order valence-corrected chi connectivity index (χ3v) is 20.3. The molecule has 2 bridgehead atoms. The van der Waals surface area contributed by atoms with Gasteiger partial charge in [-0.1, -0.05) is 227 Å². The van der Waals surface area contributed by atoms with E-state index >= 15 is 0 Å². The van der Waals surface area contributed by atoms with Crippen LogP contribution in [0.15, 0.2) is 285 Å². The van der Waals surface area contributed by atoms with Gasteiger partial charge in [-0.15, -0.1) is 0 Å². The Morgan fingerprint density at radius 2 is 0.729 bits per heavy atom. The van der Waals surface area contributed by atoms with Crippen LogP contribution in [0.4, 0.5) is 34.1 Å². The standard InChI is InChI=1S/C83H64N2/c1-82(2)74-34-20-18-32-65(74)71-49-64(43-45-75(71)82)85(62-30-16-7-17-31-62)81-53-79-73(51-69(81)57-26-12-5-13-27-57)70-48-59(55-22-8-3-9-23-55)40-44-77(70)83(79)76-35-21-19-33-66(76)72-50-68(56-24-10-4-11-25-56)80(52-78(72)83)84(61-28-14-6-15-29-61)63-41-38-58(39-42-63)67-47-54-36-37-60(67)46-54/h3-35,38-45,48-54,60,67H,36-37,46-47H2,1-2H3. The van der Waals surface area contributed by atoms with Crippen LogP contribution in [-0.2, 0) is 10.8 Å². The number of rotatable bonds is 10. The summed E-state index contributed by atoms with van der Waals surface area (Å²) in [6, 6.07) is 108. The molecule has 12 aromatic carbocycles. The zero-order valence-electron chi connectivity index (χ0n) is 48.1. The first kappa shape index (κ1) is 49.8. The minimum atomic E-state index is -0.725. The van der Waals surface area contributed by atoms with Crippen molar-refractivity contribution in [2.75, 3.05) is 9.80 Å². The first-order chi connectivity index (χ1) is 41.9. The molecule has 4 unspecified atom stereocenters. The molecule has 0 aliphatic heterocycles. The van der Waals surface area contributed by atoms with Crippen molar-refractivity contribution < 1.29 is 0 Å². The smallest absolute Gasteiger partial charge is 0.0727 e. The third kappa shape index (κ3) is 7.64. The van der Waals surface area contributed by atoms with Crippen LogP contribution in [-0.4, -0.2) is 0 Å². The van der Waals surface area contributed by atoms with Crippen LogP contribution < -0.4 is 9.80 Å². The van der Waals surface area contributed by atoms with E-state index in [1.165, 1.54) is 131 Å². The lowest BCUT2D eigenvalue weighted by Gasteiger charge is -2.35. The minimum absolute atomic E-state index is 0.126. The predicted octanol–water partition coefficient (Wildman–Crippen LogP) is 22.2. The topological polar surface area (TPSA) is 6.48 Å². The van der Waals surface area contributed by atoms with E-state index in [9.17, 15) is 0 Å². The van der Waals surface area contributed by atoms with Crippen molar-refractivity contribution in [1.82, 2.24) is 0 Å². The summed E-state index contributed by atoms with van der Waals surface area (Å²) in [5, 5.41) is 0. The molecule has 0 heterocycles. The van der Waals surface area contributed by atoms with Crippen molar-refractivity contribution in [2.45, 2.75) is 56.3 Å². The van der Waals surface area contributed by atoms with Gasteiger partial charge in [0.1, 0.15) is 0 Å². The summed E-state index contributed by atoms with van der Waals surface area (Å²) < 4.78 is 0. The molecule has 2 saturated carbocycles. The van der Waals surface area contributed by atoms with Crippen LogP contribution in [0.1, 0.15) is 84.4 Å². The highest BCUT2D eigenvalue weighted by Crippen LogP contribution is 2.66. The molecular formula is C83H64N2. The Hall–Kier alpha value is -9.76. The largest absolute Gasteiger partial charge is 0.310 e. The Balaban J connectivity index is 0.965.